The van der Waals surface area contributed by atoms with Gasteiger partial charge in [-0.2, -0.15) is 5.10 Å². The number of ether oxygens (including phenoxy) is 2. The number of aromatic amines is 1. The number of hydrogen-bond acceptors (Lipinski definition) is 5. The van der Waals surface area contributed by atoms with Gasteiger partial charge >= 0.3 is 0 Å². The van der Waals surface area contributed by atoms with Crippen molar-refractivity contribution in [3.8, 4) is 22.8 Å². The lowest BCUT2D eigenvalue weighted by molar-refractivity contribution is 0.102. The van der Waals surface area contributed by atoms with Crippen LogP contribution in [0.3, 0.4) is 0 Å². The molecule has 4 rings (SSSR count). The molecule has 124 valence electrons. The van der Waals surface area contributed by atoms with Crippen LogP contribution in [0.2, 0.25) is 0 Å². The molecule has 3 aromatic rings. The third kappa shape index (κ3) is 3.07. The van der Waals surface area contributed by atoms with Crippen molar-refractivity contribution in [2.24, 2.45) is 0 Å². The molecule has 0 fully saturated rings. The monoisotopic (exact) mass is 335 g/mol. The zero-order valence-electron chi connectivity index (χ0n) is 13.0. The normalized spacial score (nSPS) is 12.0. The van der Waals surface area contributed by atoms with Gasteiger partial charge in [0.1, 0.15) is 0 Å². The van der Waals surface area contributed by atoms with Crippen LogP contribution in [0.1, 0.15) is 10.4 Å². The number of carbonyl (C=O) groups is 1. The lowest BCUT2D eigenvalue weighted by Gasteiger charge is -2.08. The van der Waals surface area contributed by atoms with Gasteiger partial charge in [0.05, 0.1) is 5.69 Å². The molecule has 2 aromatic carbocycles. The highest BCUT2D eigenvalue weighted by molar-refractivity contribution is 6.04. The van der Waals surface area contributed by atoms with E-state index >= 15 is 0 Å². The van der Waals surface area contributed by atoms with E-state index in [4.69, 9.17) is 9.47 Å². The Morgan fingerprint density at radius 2 is 1.92 bits per heavy atom. The molecule has 1 amide bonds. The third-order valence-corrected chi connectivity index (χ3v) is 3.73. The van der Waals surface area contributed by atoms with Crippen molar-refractivity contribution < 1.29 is 14.3 Å². The van der Waals surface area contributed by atoms with Gasteiger partial charge in [-0.15, -0.1) is 0 Å². The summed E-state index contributed by atoms with van der Waals surface area (Å²) in [5.41, 5.74) is 2.21. The Balaban J connectivity index is 1.56. The number of fused-ring (bicyclic) bond motifs is 1. The topological polar surface area (TPSA) is 93.3 Å². The molecule has 0 aliphatic carbocycles. The molecule has 2 heterocycles. The molecular formula is C18H13N3O4. The Kier molecular flexibility index (Phi) is 3.66. The number of amides is 1. The lowest BCUT2D eigenvalue weighted by atomic mass is 10.1. The smallest absolute Gasteiger partial charge is 0.264 e. The second kappa shape index (κ2) is 6.12. The van der Waals surface area contributed by atoms with Crippen molar-refractivity contribution in [1.82, 2.24) is 10.2 Å². The fourth-order valence-corrected chi connectivity index (χ4v) is 2.50. The highest BCUT2D eigenvalue weighted by atomic mass is 16.7. The fourth-order valence-electron chi connectivity index (χ4n) is 2.50. The molecule has 0 spiro atoms. The van der Waals surface area contributed by atoms with E-state index in [1.807, 2.05) is 6.07 Å². The number of anilines is 1. The van der Waals surface area contributed by atoms with Crippen LogP contribution in [-0.2, 0) is 0 Å². The zero-order chi connectivity index (χ0) is 17.2. The van der Waals surface area contributed by atoms with Crippen LogP contribution in [0.5, 0.6) is 11.5 Å². The molecule has 25 heavy (non-hydrogen) atoms. The van der Waals surface area contributed by atoms with E-state index in [9.17, 15) is 9.59 Å². The molecule has 0 saturated heterocycles. The molecule has 0 bridgehead atoms. The van der Waals surface area contributed by atoms with Gasteiger partial charge in [0.15, 0.2) is 11.5 Å². The van der Waals surface area contributed by atoms with Crippen LogP contribution in [0.15, 0.2) is 59.4 Å². The maximum atomic E-state index is 12.4. The van der Waals surface area contributed by atoms with Crippen molar-refractivity contribution in [3.05, 3.63) is 70.5 Å². The summed E-state index contributed by atoms with van der Waals surface area (Å²) >= 11 is 0. The third-order valence-electron chi connectivity index (χ3n) is 3.73. The Labute approximate surface area is 142 Å². The van der Waals surface area contributed by atoms with Crippen molar-refractivity contribution in [1.29, 1.82) is 0 Å². The van der Waals surface area contributed by atoms with Gasteiger partial charge in [-0.25, -0.2) is 5.10 Å². The van der Waals surface area contributed by atoms with Gasteiger partial charge in [0.2, 0.25) is 6.79 Å². The summed E-state index contributed by atoms with van der Waals surface area (Å²) in [4.78, 5) is 23.5. The number of nitrogens with zero attached hydrogens (tertiary/aromatic N) is 1. The summed E-state index contributed by atoms with van der Waals surface area (Å²) in [5.74, 6) is 0.923. The maximum absolute atomic E-state index is 12.4. The minimum Gasteiger partial charge on any atom is -0.454 e. The average molecular weight is 335 g/mol. The highest BCUT2D eigenvalue weighted by Crippen LogP contribution is 2.32. The summed E-state index contributed by atoms with van der Waals surface area (Å²) < 4.78 is 10.5. The molecular weight excluding hydrogens is 322 g/mol. The lowest BCUT2D eigenvalue weighted by Crippen LogP contribution is -2.12. The molecule has 7 nitrogen and oxygen atoms in total. The van der Waals surface area contributed by atoms with Gasteiger partial charge in [0.25, 0.3) is 11.5 Å². The van der Waals surface area contributed by atoms with Gasteiger partial charge in [-0.1, -0.05) is 12.1 Å². The first-order valence-corrected chi connectivity index (χ1v) is 7.56. The van der Waals surface area contributed by atoms with Crippen molar-refractivity contribution in [2.45, 2.75) is 0 Å². The summed E-state index contributed by atoms with van der Waals surface area (Å²) in [5, 5.41) is 9.21. The van der Waals surface area contributed by atoms with Crippen LogP contribution in [0.25, 0.3) is 11.3 Å². The average Bonchev–Trinajstić information content (AvgIpc) is 3.10. The van der Waals surface area contributed by atoms with Gasteiger partial charge in [-0.05, 0) is 36.4 Å². The molecule has 7 heteroatoms. The Hall–Kier alpha value is -3.61. The van der Waals surface area contributed by atoms with Crippen molar-refractivity contribution in [3.63, 3.8) is 0 Å². The minimum atomic E-state index is -0.268. The van der Waals surface area contributed by atoms with Crippen molar-refractivity contribution >= 4 is 11.6 Å². The number of H-pyrrole nitrogens is 1. The second-order valence-electron chi connectivity index (χ2n) is 5.41. The highest BCUT2D eigenvalue weighted by Gasteiger charge is 2.16. The van der Waals surface area contributed by atoms with E-state index in [1.165, 1.54) is 6.07 Å². The van der Waals surface area contributed by atoms with Crippen LogP contribution in [0.4, 0.5) is 5.69 Å². The largest absolute Gasteiger partial charge is 0.454 e. The Morgan fingerprint density at radius 1 is 1.04 bits per heavy atom. The molecule has 1 aromatic heterocycles. The Bertz CT molecular complexity index is 993. The second-order valence-corrected chi connectivity index (χ2v) is 5.41. The standard InChI is InChI=1S/C18H13N3O4/c22-17-7-5-14(20-21-17)11-2-1-3-13(8-11)19-18(23)12-4-6-15-16(9-12)25-10-24-15/h1-9H,10H2,(H,19,23)(H,21,22). The van der Waals surface area contributed by atoms with Crippen LogP contribution >= 0.6 is 0 Å². The minimum absolute atomic E-state index is 0.161. The molecule has 1 aliphatic rings. The maximum Gasteiger partial charge on any atom is 0.264 e. The van der Waals surface area contributed by atoms with E-state index < -0.39 is 0 Å². The predicted molar refractivity (Wildman–Crippen MR) is 90.8 cm³/mol. The van der Waals surface area contributed by atoms with E-state index in [-0.39, 0.29) is 18.3 Å². The van der Waals surface area contributed by atoms with Crippen LogP contribution in [-0.4, -0.2) is 22.9 Å². The first-order valence-electron chi connectivity index (χ1n) is 7.56. The van der Waals surface area contributed by atoms with Crippen molar-refractivity contribution in [2.75, 3.05) is 12.1 Å². The summed E-state index contributed by atoms with van der Waals surface area (Å²) in [7, 11) is 0. The van der Waals surface area contributed by atoms with E-state index in [2.05, 4.69) is 15.5 Å². The molecule has 0 radical (unpaired) electrons. The summed E-state index contributed by atoms with van der Waals surface area (Å²) in [6.07, 6.45) is 0. The van der Waals surface area contributed by atoms with Crippen LogP contribution < -0.4 is 20.3 Å². The van der Waals surface area contributed by atoms with Crippen LogP contribution in [0, 0.1) is 0 Å². The summed E-state index contributed by atoms with van der Waals surface area (Å²) in [6.45, 7) is 0.161. The number of nitrogens with one attached hydrogen (secondary N) is 2. The number of hydrogen-bond donors (Lipinski definition) is 2. The Morgan fingerprint density at radius 3 is 2.76 bits per heavy atom. The van der Waals surface area contributed by atoms with E-state index in [0.29, 0.717) is 28.4 Å². The molecule has 0 atom stereocenters. The summed E-state index contributed by atoms with van der Waals surface area (Å²) in [6, 6.07) is 15.3. The molecule has 2 N–H and O–H groups in total. The number of aromatic nitrogens is 2. The molecule has 0 unspecified atom stereocenters. The number of carbonyl (C=O) groups excluding carboxylic acids is 1. The fraction of sp³-hybridized carbons (Fsp3) is 0.0556. The predicted octanol–water partition coefficient (Wildman–Crippen LogP) is 2.42. The van der Waals surface area contributed by atoms with E-state index in [0.717, 1.165) is 5.56 Å². The van der Waals surface area contributed by atoms with E-state index in [1.54, 1.807) is 42.5 Å². The molecule has 1 aliphatic heterocycles. The molecule has 0 saturated carbocycles. The quantitative estimate of drug-likeness (QED) is 0.767. The van der Waals surface area contributed by atoms with Gasteiger partial charge in [-0.3, -0.25) is 9.59 Å². The number of benzene rings is 2. The van der Waals surface area contributed by atoms with Gasteiger partial charge in [0, 0.05) is 22.9 Å². The first-order chi connectivity index (χ1) is 12.2. The number of rotatable bonds is 3. The zero-order valence-corrected chi connectivity index (χ0v) is 13.0. The SMILES string of the molecule is O=C(Nc1cccc(-c2ccc(=O)[nH]n2)c1)c1ccc2c(c1)OCO2. The first kappa shape index (κ1) is 14.9. The van der Waals surface area contributed by atoms with Gasteiger partial charge < -0.3 is 14.8 Å².